The minimum atomic E-state index is -0.502. The fraction of sp³-hybridized carbons (Fsp3) is 0.286. The van der Waals surface area contributed by atoms with E-state index in [9.17, 15) is 9.18 Å². The molecule has 1 aliphatic heterocycles. The number of cyclic esters (lactones) is 1. The Morgan fingerprint density at radius 3 is 2.86 bits per heavy atom. The Balaban J connectivity index is 1.92. The van der Waals surface area contributed by atoms with Crippen LogP contribution in [0.5, 0.6) is 0 Å². The summed E-state index contributed by atoms with van der Waals surface area (Å²) in [5.74, 6) is -0.417. The lowest BCUT2D eigenvalue weighted by atomic mass is 10.1. The van der Waals surface area contributed by atoms with Gasteiger partial charge in [-0.25, -0.2) is 9.18 Å². The molecule has 1 fully saturated rings. The van der Waals surface area contributed by atoms with Gasteiger partial charge in [-0.05, 0) is 24.3 Å². The molecule has 110 valence electrons. The first-order valence-corrected chi connectivity index (χ1v) is 6.56. The van der Waals surface area contributed by atoms with Crippen LogP contribution in [0.15, 0.2) is 30.5 Å². The van der Waals surface area contributed by atoms with Gasteiger partial charge < -0.3 is 10.5 Å². The summed E-state index contributed by atoms with van der Waals surface area (Å²) in [7, 11) is 1.74. The average Bonchev–Trinajstić information content (AvgIpc) is 3.05. The first kappa shape index (κ1) is 13.6. The summed E-state index contributed by atoms with van der Waals surface area (Å²) >= 11 is 0. The van der Waals surface area contributed by atoms with E-state index in [2.05, 4.69) is 5.10 Å². The van der Waals surface area contributed by atoms with Gasteiger partial charge in [-0.3, -0.25) is 9.58 Å². The number of hydrogen-bond acceptors (Lipinski definition) is 4. The molecular weight excluding hydrogens is 275 g/mol. The summed E-state index contributed by atoms with van der Waals surface area (Å²) < 4.78 is 21.0. The van der Waals surface area contributed by atoms with Crippen molar-refractivity contribution in [3.8, 4) is 11.3 Å². The molecule has 0 radical (unpaired) electrons. The molecule has 0 bridgehead atoms. The molecule has 1 amide bonds. The van der Waals surface area contributed by atoms with Crippen LogP contribution < -0.4 is 10.6 Å². The topological polar surface area (TPSA) is 73.4 Å². The number of carbonyl (C=O) groups is 1. The number of benzene rings is 1. The van der Waals surface area contributed by atoms with Gasteiger partial charge >= 0.3 is 6.09 Å². The summed E-state index contributed by atoms with van der Waals surface area (Å²) in [5.41, 5.74) is 7.04. The highest BCUT2D eigenvalue weighted by atomic mass is 19.1. The molecule has 1 aliphatic rings. The maximum Gasteiger partial charge on any atom is 0.414 e. The number of carbonyl (C=O) groups excluding carboxylic acids is 1. The summed E-state index contributed by atoms with van der Waals surface area (Å²) in [6.07, 6.45) is 0.752. The molecule has 0 aliphatic carbocycles. The molecule has 0 spiro atoms. The number of aryl methyl sites for hydroxylation is 1. The predicted octanol–water partition coefficient (Wildman–Crippen LogP) is 1.51. The molecule has 1 aromatic heterocycles. The van der Waals surface area contributed by atoms with Gasteiger partial charge in [0.25, 0.3) is 0 Å². The van der Waals surface area contributed by atoms with E-state index in [0.29, 0.717) is 23.5 Å². The Hall–Kier alpha value is -2.41. The molecular formula is C14H15FN4O2. The van der Waals surface area contributed by atoms with Crippen LogP contribution in [-0.2, 0) is 11.8 Å². The van der Waals surface area contributed by atoms with Crippen molar-refractivity contribution in [1.29, 1.82) is 0 Å². The second-order valence-corrected chi connectivity index (χ2v) is 4.86. The van der Waals surface area contributed by atoms with E-state index in [0.717, 1.165) is 0 Å². The van der Waals surface area contributed by atoms with E-state index in [1.54, 1.807) is 36.1 Å². The molecule has 0 unspecified atom stereocenters. The number of anilines is 1. The smallest absolute Gasteiger partial charge is 0.414 e. The third-order valence-electron chi connectivity index (χ3n) is 3.50. The number of hydrogen-bond donors (Lipinski definition) is 1. The first-order chi connectivity index (χ1) is 10.1. The van der Waals surface area contributed by atoms with E-state index in [1.807, 2.05) is 0 Å². The normalized spacial score (nSPS) is 18.1. The molecule has 3 rings (SSSR count). The minimum Gasteiger partial charge on any atom is -0.443 e. The summed E-state index contributed by atoms with van der Waals surface area (Å²) in [5, 5.41) is 4.02. The minimum absolute atomic E-state index is 0.248. The van der Waals surface area contributed by atoms with E-state index in [-0.39, 0.29) is 12.6 Å². The lowest BCUT2D eigenvalue weighted by Crippen LogP contribution is -2.27. The van der Waals surface area contributed by atoms with Gasteiger partial charge in [-0.2, -0.15) is 5.10 Å². The van der Waals surface area contributed by atoms with E-state index in [1.165, 1.54) is 11.0 Å². The highest BCUT2D eigenvalue weighted by Gasteiger charge is 2.31. The van der Waals surface area contributed by atoms with Gasteiger partial charge in [-0.15, -0.1) is 0 Å². The van der Waals surface area contributed by atoms with Crippen molar-refractivity contribution in [2.75, 3.05) is 18.0 Å². The zero-order valence-electron chi connectivity index (χ0n) is 11.5. The van der Waals surface area contributed by atoms with E-state index < -0.39 is 11.9 Å². The maximum absolute atomic E-state index is 14.3. The second-order valence-electron chi connectivity index (χ2n) is 4.86. The van der Waals surface area contributed by atoms with Crippen LogP contribution in [0.3, 0.4) is 0 Å². The highest BCUT2D eigenvalue weighted by Crippen LogP contribution is 2.28. The summed E-state index contributed by atoms with van der Waals surface area (Å²) in [4.78, 5) is 13.1. The quantitative estimate of drug-likeness (QED) is 0.930. The third kappa shape index (κ3) is 2.36. The fourth-order valence-corrected chi connectivity index (χ4v) is 2.37. The van der Waals surface area contributed by atoms with Crippen molar-refractivity contribution < 1.29 is 13.9 Å². The SMILES string of the molecule is Cn1nccc1-c1ccc(N2C[C@H](CN)OC2=O)cc1F. The molecule has 1 atom stereocenters. The lowest BCUT2D eigenvalue weighted by Gasteiger charge is -2.14. The van der Waals surface area contributed by atoms with Crippen molar-refractivity contribution in [1.82, 2.24) is 9.78 Å². The number of aromatic nitrogens is 2. The number of nitrogens with zero attached hydrogens (tertiary/aromatic N) is 3. The van der Waals surface area contributed by atoms with Crippen LogP contribution in [0.2, 0.25) is 0 Å². The van der Waals surface area contributed by atoms with Crippen molar-refractivity contribution >= 4 is 11.8 Å². The van der Waals surface area contributed by atoms with E-state index in [4.69, 9.17) is 10.5 Å². The molecule has 1 saturated heterocycles. The van der Waals surface area contributed by atoms with E-state index >= 15 is 0 Å². The van der Waals surface area contributed by atoms with Gasteiger partial charge in [0.05, 0.1) is 17.9 Å². The highest BCUT2D eigenvalue weighted by molar-refractivity contribution is 5.90. The third-order valence-corrected chi connectivity index (χ3v) is 3.50. The van der Waals surface area contributed by atoms with Crippen LogP contribution in [-0.4, -0.2) is 35.1 Å². The number of amides is 1. The molecule has 7 heteroatoms. The Morgan fingerprint density at radius 1 is 1.48 bits per heavy atom. The molecule has 21 heavy (non-hydrogen) atoms. The van der Waals surface area contributed by atoms with Crippen LogP contribution in [0.25, 0.3) is 11.3 Å². The van der Waals surface area contributed by atoms with Gasteiger partial charge in [0.15, 0.2) is 0 Å². The maximum atomic E-state index is 14.3. The molecule has 2 heterocycles. The zero-order chi connectivity index (χ0) is 15.0. The van der Waals surface area contributed by atoms with Crippen LogP contribution in [0.1, 0.15) is 0 Å². The number of nitrogens with two attached hydrogens (primary N) is 1. The summed E-state index contributed by atoms with van der Waals surface area (Å²) in [6, 6.07) is 6.37. The largest absolute Gasteiger partial charge is 0.443 e. The van der Waals surface area contributed by atoms with Gasteiger partial charge in [-0.1, -0.05) is 0 Å². The number of ether oxygens (including phenoxy) is 1. The number of halogens is 1. The Kier molecular flexibility index (Phi) is 3.34. The fourth-order valence-electron chi connectivity index (χ4n) is 2.37. The van der Waals surface area contributed by atoms with Crippen LogP contribution in [0.4, 0.5) is 14.9 Å². The lowest BCUT2D eigenvalue weighted by molar-refractivity contribution is 0.145. The monoisotopic (exact) mass is 290 g/mol. The molecule has 2 aromatic rings. The Labute approximate surface area is 120 Å². The van der Waals surface area contributed by atoms with Gasteiger partial charge in [0.1, 0.15) is 11.9 Å². The predicted molar refractivity (Wildman–Crippen MR) is 75.3 cm³/mol. The molecule has 1 aromatic carbocycles. The second kappa shape index (κ2) is 5.17. The Bertz CT molecular complexity index is 685. The van der Waals surface area contributed by atoms with Crippen molar-refractivity contribution in [3.63, 3.8) is 0 Å². The average molecular weight is 290 g/mol. The van der Waals surface area contributed by atoms with Gasteiger partial charge in [0, 0.05) is 25.4 Å². The molecule has 2 N–H and O–H groups in total. The molecule has 0 saturated carbocycles. The van der Waals surface area contributed by atoms with Crippen molar-refractivity contribution in [2.24, 2.45) is 12.8 Å². The number of rotatable bonds is 3. The van der Waals surface area contributed by atoms with Crippen molar-refractivity contribution in [3.05, 3.63) is 36.3 Å². The van der Waals surface area contributed by atoms with Crippen LogP contribution >= 0.6 is 0 Å². The first-order valence-electron chi connectivity index (χ1n) is 6.56. The Morgan fingerprint density at radius 2 is 2.29 bits per heavy atom. The van der Waals surface area contributed by atoms with Crippen molar-refractivity contribution in [2.45, 2.75) is 6.10 Å². The van der Waals surface area contributed by atoms with Gasteiger partial charge in [0.2, 0.25) is 0 Å². The zero-order valence-corrected chi connectivity index (χ0v) is 11.5. The van der Waals surface area contributed by atoms with Crippen LogP contribution in [0, 0.1) is 5.82 Å². The standard InChI is InChI=1S/C14H15FN4O2/c1-18-13(4-5-17-18)11-3-2-9(6-12(11)15)19-8-10(7-16)21-14(19)20/h2-6,10H,7-8,16H2,1H3/t10-/m0/s1. The summed E-state index contributed by atoms with van der Waals surface area (Å²) in [6.45, 7) is 0.581. The molecule has 6 nitrogen and oxygen atoms in total.